The van der Waals surface area contributed by atoms with Crippen molar-refractivity contribution in [2.24, 2.45) is 5.92 Å². The second kappa shape index (κ2) is 6.81. The van der Waals surface area contributed by atoms with Crippen LogP contribution in [-0.4, -0.2) is 63.2 Å². The molecule has 2 N–H and O–H groups in total. The number of ether oxygens (including phenoxy) is 1. The van der Waals surface area contributed by atoms with Crippen molar-refractivity contribution in [3.63, 3.8) is 0 Å². The molecule has 0 amide bonds. The predicted octanol–water partition coefficient (Wildman–Crippen LogP) is 0.511. The molecular formula is C12H17N3O5S. The number of aromatic nitrogens is 2. The van der Waals surface area contributed by atoms with E-state index in [4.69, 9.17) is 24.5 Å². The summed E-state index contributed by atoms with van der Waals surface area (Å²) in [5.41, 5.74) is 0. The molecule has 1 unspecified atom stereocenters. The number of carbonyl (C=O) groups is 2. The molecule has 21 heavy (non-hydrogen) atoms. The summed E-state index contributed by atoms with van der Waals surface area (Å²) >= 11 is 1.51. The van der Waals surface area contributed by atoms with Crippen LogP contribution >= 0.6 is 11.5 Å². The third kappa shape index (κ3) is 3.88. The number of rotatable bonds is 2. The topological polar surface area (TPSA) is 113 Å². The van der Waals surface area contributed by atoms with Gasteiger partial charge in [-0.2, -0.15) is 4.98 Å². The second-order valence-electron chi connectivity index (χ2n) is 4.97. The highest BCUT2D eigenvalue weighted by molar-refractivity contribution is 7.05. The first-order chi connectivity index (χ1) is 10.0. The van der Waals surface area contributed by atoms with Crippen molar-refractivity contribution < 1.29 is 24.5 Å². The van der Waals surface area contributed by atoms with Crippen LogP contribution in [0.2, 0.25) is 0 Å². The zero-order valence-electron chi connectivity index (χ0n) is 11.6. The highest BCUT2D eigenvalue weighted by atomic mass is 32.1. The van der Waals surface area contributed by atoms with E-state index >= 15 is 0 Å². The smallest absolute Gasteiger partial charge is 0.414 e. The Kier molecular flexibility index (Phi) is 5.07. The van der Waals surface area contributed by atoms with Crippen molar-refractivity contribution in [2.75, 3.05) is 26.7 Å². The zero-order chi connectivity index (χ0) is 15.4. The lowest BCUT2D eigenvalue weighted by atomic mass is 9.79. The van der Waals surface area contributed by atoms with E-state index in [1.54, 1.807) is 7.11 Å². The largest absolute Gasteiger partial charge is 0.473 e. The molecule has 1 atom stereocenters. The molecule has 2 bridgehead atoms. The molecule has 3 aliphatic rings. The van der Waals surface area contributed by atoms with Crippen molar-refractivity contribution in [1.82, 2.24) is 14.3 Å². The molecule has 3 saturated heterocycles. The minimum Gasteiger partial charge on any atom is -0.473 e. The Balaban J connectivity index is 0.000000232. The SMILES string of the molecule is COc1nsc(C2CN3CCC2CC3)n1.O=C(O)C(=O)O. The van der Waals surface area contributed by atoms with E-state index in [2.05, 4.69) is 14.3 Å². The van der Waals surface area contributed by atoms with E-state index in [0.717, 1.165) is 5.92 Å². The third-order valence-electron chi connectivity index (χ3n) is 3.76. The van der Waals surface area contributed by atoms with Gasteiger partial charge < -0.3 is 19.8 Å². The summed E-state index contributed by atoms with van der Waals surface area (Å²) < 4.78 is 9.22. The van der Waals surface area contributed by atoms with Crippen LogP contribution in [0, 0.1) is 5.92 Å². The van der Waals surface area contributed by atoms with Crippen LogP contribution in [-0.2, 0) is 9.59 Å². The molecule has 1 aromatic heterocycles. The number of methoxy groups -OCH3 is 1. The summed E-state index contributed by atoms with van der Waals surface area (Å²) in [6.07, 6.45) is 2.65. The van der Waals surface area contributed by atoms with Crippen LogP contribution in [0.25, 0.3) is 0 Å². The molecule has 0 radical (unpaired) electrons. The van der Waals surface area contributed by atoms with Gasteiger partial charge in [0.05, 0.1) is 7.11 Å². The fraction of sp³-hybridized carbons (Fsp3) is 0.667. The van der Waals surface area contributed by atoms with Crippen LogP contribution in [0.5, 0.6) is 6.01 Å². The number of hydrogen-bond donors (Lipinski definition) is 2. The summed E-state index contributed by atoms with van der Waals surface area (Å²) in [5, 5.41) is 16.0. The van der Waals surface area contributed by atoms with Gasteiger partial charge in [-0.1, -0.05) is 0 Å². The lowest BCUT2D eigenvalue weighted by Crippen LogP contribution is -2.46. The molecule has 4 rings (SSSR count). The Morgan fingerprint density at radius 1 is 1.29 bits per heavy atom. The average Bonchev–Trinajstić information content (AvgIpc) is 2.98. The monoisotopic (exact) mass is 315 g/mol. The molecule has 9 heteroatoms. The lowest BCUT2D eigenvalue weighted by Gasteiger charge is -2.43. The van der Waals surface area contributed by atoms with Crippen molar-refractivity contribution in [3.8, 4) is 6.01 Å². The average molecular weight is 315 g/mol. The van der Waals surface area contributed by atoms with Gasteiger partial charge in [-0.05, 0) is 43.4 Å². The molecule has 0 aromatic carbocycles. The van der Waals surface area contributed by atoms with E-state index in [0.29, 0.717) is 11.9 Å². The fourth-order valence-electron chi connectivity index (χ4n) is 2.70. The Hall–Kier alpha value is -1.74. The van der Waals surface area contributed by atoms with E-state index in [9.17, 15) is 0 Å². The first-order valence-corrected chi connectivity index (χ1v) is 7.34. The van der Waals surface area contributed by atoms with Crippen LogP contribution < -0.4 is 4.74 Å². The molecule has 0 saturated carbocycles. The highest BCUT2D eigenvalue weighted by Gasteiger charge is 2.36. The molecule has 3 fully saturated rings. The van der Waals surface area contributed by atoms with E-state index in [1.165, 1.54) is 49.0 Å². The van der Waals surface area contributed by atoms with Gasteiger partial charge in [0.15, 0.2) is 0 Å². The van der Waals surface area contributed by atoms with E-state index in [1.807, 2.05) is 0 Å². The van der Waals surface area contributed by atoms with Crippen molar-refractivity contribution in [2.45, 2.75) is 18.8 Å². The molecule has 4 heterocycles. The summed E-state index contributed by atoms with van der Waals surface area (Å²) in [5.74, 6) is -2.22. The van der Waals surface area contributed by atoms with Crippen LogP contribution in [0.3, 0.4) is 0 Å². The Labute approximate surface area is 125 Å². The first kappa shape index (κ1) is 15.6. The summed E-state index contributed by atoms with van der Waals surface area (Å²) in [6.45, 7) is 3.72. The number of carboxylic acid groups (broad SMARTS) is 2. The van der Waals surface area contributed by atoms with E-state index in [-0.39, 0.29) is 0 Å². The number of aliphatic carboxylic acids is 2. The molecule has 116 valence electrons. The first-order valence-electron chi connectivity index (χ1n) is 6.57. The number of fused-ring (bicyclic) bond motifs is 3. The normalized spacial score (nSPS) is 26.6. The summed E-state index contributed by atoms with van der Waals surface area (Å²) in [7, 11) is 1.63. The maximum absolute atomic E-state index is 9.10. The van der Waals surface area contributed by atoms with Gasteiger partial charge in [0.25, 0.3) is 0 Å². The molecule has 8 nitrogen and oxygen atoms in total. The third-order valence-corrected chi connectivity index (χ3v) is 4.59. The van der Waals surface area contributed by atoms with Crippen LogP contribution in [0.4, 0.5) is 0 Å². The van der Waals surface area contributed by atoms with Gasteiger partial charge in [-0.3, -0.25) is 0 Å². The molecule has 3 aliphatic heterocycles. The number of hydrogen-bond acceptors (Lipinski definition) is 7. The van der Waals surface area contributed by atoms with Gasteiger partial charge >= 0.3 is 17.9 Å². The molecule has 1 aromatic rings. The minimum absolute atomic E-state index is 0.534. The number of nitrogens with zero attached hydrogens (tertiary/aromatic N) is 3. The van der Waals surface area contributed by atoms with Crippen molar-refractivity contribution in [1.29, 1.82) is 0 Å². The molecule has 0 spiro atoms. The van der Waals surface area contributed by atoms with E-state index < -0.39 is 11.9 Å². The Morgan fingerprint density at radius 3 is 2.29 bits per heavy atom. The Bertz CT molecular complexity index is 501. The van der Waals surface area contributed by atoms with Gasteiger partial charge in [0, 0.05) is 12.5 Å². The fourth-order valence-corrected chi connectivity index (χ4v) is 3.51. The van der Waals surface area contributed by atoms with Gasteiger partial charge in [0.1, 0.15) is 5.01 Å². The van der Waals surface area contributed by atoms with Crippen LogP contribution in [0.15, 0.2) is 0 Å². The predicted molar refractivity (Wildman–Crippen MR) is 73.6 cm³/mol. The standard InChI is InChI=1S/C10H15N3OS.C2H2O4/c1-14-10-11-9(15-12-10)8-6-13-4-2-7(8)3-5-13;3-1(4)2(5)6/h7-8H,2-6H2,1H3;(H,3,4)(H,5,6). The maximum Gasteiger partial charge on any atom is 0.414 e. The van der Waals surface area contributed by atoms with Crippen molar-refractivity contribution in [3.05, 3.63) is 5.01 Å². The van der Waals surface area contributed by atoms with Gasteiger partial charge in [-0.25, -0.2) is 9.59 Å². The summed E-state index contributed by atoms with van der Waals surface area (Å²) in [6, 6.07) is 0.534. The highest BCUT2D eigenvalue weighted by Crippen LogP contribution is 2.39. The zero-order valence-corrected chi connectivity index (χ0v) is 12.4. The number of piperidine rings is 3. The minimum atomic E-state index is -1.82. The van der Waals surface area contributed by atoms with Crippen LogP contribution in [0.1, 0.15) is 23.8 Å². The lowest BCUT2D eigenvalue weighted by molar-refractivity contribution is -0.159. The second-order valence-corrected chi connectivity index (χ2v) is 5.76. The molecule has 0 aliphatic carbocycles. The number of carboxylic acids is 2. The Morgan fingerprint density at radius 2 is 1.90 bits per heavy atom. The summed E-state index contributed by atoms with van der Waals surface area (Å²) in [4.78, 5) is 25.2. The van der Waals surface area contributed by atoms with Crippen molar-refractivity contribution >= 4 is 23.5 Å². The van der Waals surface area contributed by atoms with Gasteiger partial charge in [0.2, 0.25) is 0 Å². The maximum atomic E-state index is 9.10. The molecular weight excluding hydrogens is 298 g/mol. The van der Waals surface area contributed by atoms with Gasteiger partial charge in [-0.15, -0.1) is 4.37 Å². The quantitative estimate of drug-likeness (QED) is 0.759.